The number of nitrogens with zero attached hydrogens (tertiary/aromatic N) is 3. The van der Waals surface area contributed by atoms with Gasteiger partial charge in [-0.3, -0.25) is 0 Å². The number of ether oxygens (including phenoxy) is 1. The van der Waals surface area contributed by atoms with Gasteiger partial charge in [0.2, 0.25) is 0 Å². The Hall–Kier alpha value is -3.13. The fourth-order valence-corrected chi connectivity index (χ4v) is 4.94. The van der Waals surface area contributed by atoms with Crippen molar-refractivity contribution in [3.8, 4) is 11.1 Å². The Kier molecular flexibility index (Phi) is 7.51. The molecule has 8 heteroatoms. The molecule has 0 aliphatic carbocycles. The molecule has 0 atom stereocenters. The van der Waals surface area contributed by atoms with Crippen molar-refractivity contribution in [2.75, 3.05) is 7.11 Å². The lowest BCUT2D eigenvalue weighted by atomic mass is 9.95. The third kappa shape index (κ3) is 6.05. The standard InChI is InChI=1S/C26H33N3O4S/c1-18(2)15-20-9-12-23(34(31,32)28-25(30)33-6)22(16-20)21-10-7-19(8-11-21)17-29-14-13-27-24(29)26(3,4)5/h7-14,16,18H,15,17H2,1-6H3,(H,28,30)/p-1. The third-order valence-electron chi connectivity index (χ3n) is 5.34. The summed E-state index contributed by atoms with van der Waals surface area (Å²) in [6, 6.07) is 12.9. The maximum Gasteiger partial charge on any atom is 0.284 e. The summed E-state index contributed by atoms with van der Waals surface area (Å²) in [6.45, 7) is 11.2. The molecule has 0 aliphatic rings. The van der Waals surface area contributed by atoms with E-state index in [4.69, 9.17) is 0 Å². The van der Waals surface area contributed by atoms with Crippen LogP contribution in [-0.4, -0.2) is 31.2 Å². The number of methoxy groups -OCH3 is 1. The van der Waals surface area contributed by atoms with Crippen molar-refractivity contribution >= 4 is 16.1 Å². The summed E-state index contributed by atoms with van der Waals surface area (Å²) in [4.78, 5) is 4.47. The molecular weight excluding hydrogens is 450 g/mol. The van der Waals surface area contributed by atoms with Crippen molar-refractivity contribution in [2.45, 2.75) is 57.9 Å². The second-order valence-electron chi connectivity index (χ2n) is 9.79. The lowest BCUT2D eigenvalue weighted by molar-refractivity contribution is -0.246. The van der Waals surface area contributed by atoms with E-state index >= 15 is 0 Å². The van der Waals surface area contributed by atoms with Crippen molar-refractivity contribution in [1.29, 1.82) is 0 Å². The Balaban J connectivity index is 2.02. The molecule has 0 aliphatic heterocycles. The van der Waals surface area contributed by atoms with Crippen LogP contribution in [0.3, 0.4) is 0 Å². The number of aromatic nitrogens is 2. The molecule has 0 fully saturated rings. The minimum atomic E-state index is -4.23. The molecule has 0 unspecified atom stereocenters. The number of benzene rings is 2. The Morgan fingerprint density at radius 1 is 1.12 bits per heavy atom. The van der Waals surface area contributed by atoms with Crippen LogP contribution >= 0.6 is 0 Å². The van der Waals surface area contributed by atoms with Crippen LogP contribution in [0.4, 0.5) is 0 Å². The van der Waals surface area contributed by atoms with E-state index in [0.717, 1.165) is 36.0 Å². The van der Waals surface area contributed by atoms with Crippen molar-refractivity contribution in [1.82, 2.24) is 9.55 Å². The summed E-state index contributed by atoms with van der Waals surface area (Å²) in [5.74, 6) is 1.40. The maximum atomic E-state index is 12.9. The summed E-state index contributed by atoms with van der Waals surface area (Å²) in [7, 11) is -3.14. The molecule has 0 radical (unpaired) electrons. The van der Waals surface area contributed by atoms with Crippen LogP contribution in [0.1, 0.15) is 51.6 Å². The van der Waals surface area contributed by atoms with E-state index in [1.165, 1.54) is 6.07 Å². The van der Waals surface area contributed by atoms with Gasteiger partial charge in [-0.2, -0.15) is 8.42 Å². The molecular formula is C26H32N3O4S-. The predicted octanol–water partition coefficient (Wildman–Crippen LogP) is 4.15. The highest BCUT2D eigenvalue weighted by Gasteiger charge is 2.21. The molecule has 0 N–H and O–H groups in total. The fourth-order valence-electron chi connectivity index (χ4n) is 3.88. The lowest BCUT2D eigenvalue weighted by Crippen LogP contribution is -2.21. The van der Waals surface area contributed by atoms with Gasteiger partial charge in [-0.1, -0.05) is 65.0 Å². The van der Waals surface area contributed by atoms with Gasteiger partial charge in [0.15, 0.2) is 6.08 Å². The number of sulfonamides is 1. The topological polar surface area (TPSA) is 96.6 Å². The number of hydrogen-bond acceptors (Lipinski definition) is 5. The summed E-state index contributed by atoms with van der Waals surface area (Å²) < 4.78 is 35.5. The first-order chi connectivity index (χ1) is 15.9. The number of rotatable bonds is 7. The van der Waals surface area contributed by atoms with Gasteiger partial charge in [-0.05, 0) is 48.3 Å². The van der Waals surface area contributed by atoms with Crippen molar-refractivity contribution in [2.24, 2.45) is 10.3 Å². The van der Waals surface area contributed by atoms with Gasteiger partial charge in [0.25, 0.3) is 10.0 Å². The maximum absolute atomic E-state index is 12.9. The summed E-state index contributed by atoms with van der Waals surface area (Å²) >= 11 is 0. The van der Waals surface area contributed by atoms with Gasteiger partial charge in [0.05, 0.1) is 4.90 Å². The molecule has 1 heterocycles. The van der Waals surface area contributed by atoms with Crippen LogP contribution in [0.25, 0.3) is 11.1 Å². The second-order valence-corrected chi connectivity index (χ2v) is 11.4. The zero-order valence-corrected chi connectivity index (χ0v) is 21.4. The normalized spacial score (nSPS) is 12.9. The molecule has 1 aromatic heterocycles. The van der Waals surface area contributed by atoms with Crippen molar-refractivity contribution in [3.63, 3.8) is 0 Å². The van der Waals surface area contributed by atoms with Crippen LogP contribution in [-0.2, 0) is 33.1 Å². The third-order valence-corrected chi connectivity index (χ3v) is 6.64. The zero-order valence-electron chi connectivity index (χ0n) is 20.6. The Morgan fingerprint density at radius 2 is 1.76 bits per heavy atom. The number of imidazole rings is 1. The summed E-state index contributed by atoms with van der Waals surface area (Å²) in [5.41, 5.74) is 3.24. The molecule has 2 aromatic carbocycles. The van der Waals surface area contributed by atoms with E-state index in [-0.39, 0.29) is 10.3 Å². The van der Waals surface area contributed by atoms with E-state index in [1.54, 1.807) is 12.3 Å². The second kappa shape index (κ2) is 10.0. The molecule has 0 saturated carbocycles. The van der Waals surface area contributed by atoms with Gasteiger partial charge >= 0.3 is 0 Å². The van der Waals surface area contributed by atoms with Gasteiger partial charge in [0, 0.05) is 29.9 Å². The monoisotopic (exact) mass is 482 g/mol. The summed E-state index contributed by atoms with van der Waals surface area (Å²) in [5, 5.41) is 11.6. The van der Waals surface area contributed by atoms with Gasteiger partial charge < -0.3 is 14.4 Å². The SMILES string of the molecule is CO/C([O-])=N/S(=O)(=O)c1ccc(CC(C)C)cc1-c1ccc(Cn2ccnc2C(C)(C)C)cc1. The van der Waals surface area contributed by atoms with Crippen LogP contribution in [0.2, 0.25) is 0 Å². The molecule has 34 heavy (non-hydrogen) atoms. The zero-order chi connectivity index (χ0) is 25.1. The first kappa shape index (κ1) is 25.5. The highest BCUT2D eigenvalue weighted by molar-refractivity contribution is 7.90. The van der Waals surface area contributed by atoms with E-state index in [1.807, 2.05) is 36.5 Å². The van der Waals surface area contributed by atoms with Crippen LogP contribution in [0, 0.1) is 5.92 Å². The smallest absolute Gasteiger partial charge is 0.284 e. The fraction of sp³-hybridized carbons (Fsp3) is 0.385. The highest BCUT2D eigenvalue weighted by atomic mass is 32.2. The molecule has 3 aromatic rings. The van der Waals surface area contributed by atoms with Crippen molar-refractivity contribution < 1.29 is 18.3 Å². The molecule has 0 saturated heterocycles. The van der Waals surface area contributed by atoms with Crippen LogP contribution < -0.4 is 5.11 Å². The van der Waals surface area contributed by atoms with E-state index in [2.05, 4.69) is 53.3 Å². The minimum absolute atomic E-state index is 0.0252. The molecule has 0 amide bonds. The van der Waals surface area contributed by atoms with Crippen LogP contribution in [0.15, 0.2) is 64.2 Å². The van der Waals surface area contributed by atoms with E-state index < -0.39 is 16.1 Å². The molecule has 0 bridgehead atoms. The average Bonchev–Trinajstić information content (AvgIpc) is 3.22. The predicted molar refractivity (Wildman–Crippen MR) is 132 cm³/mol. The first-order valence-corrected chi connectivity index (χ1v) is 12.6. The van der Waals surface area contributed by atoms with Gasteiger partial charge in [-0.15, -0.1) is 4.40 Å². The summed E-state index contributed by atoms with van der Waals surface area (Å²) in [6.07, 6.45) is 3.41. The van der Waals surface area contributed by atoms with Crippen LogP contribution in [0.5, 0.6) is 0 Å². The number of hydrogen-bond donors (Lipinski definition) is 0. The lowest BCUT2D eigenvalue weighted by Gasteiger charge is -2.20. The largest absolute Gasteiger partial charge is 0.603 e. The molecule has 0 spiro atoms. The quantitative estimate of drug-likeness (QED) is 0.372. The Morgan fingerprint density at radius 3 is 2.35 bits per heavy atom. The van der Waals surface area contributed by atoms with Crippen molar-refractivity contribution in [3.05, 3.63) is 71.8 Å². The molecule has 3 rings (SSSR count). The van der Waals surface area contributed by atoms with E-state index in [0.29, 0.717) is 18.0 Å². The van der Waals surface area contributed by atoms with Gasteiger partial charge in [-0.25, -0.2) is 4.98 Å². The Bertz CT molecular complexity index is 1270. The highest BCUT2D eigenvalue weighted by Crippen LogP contribution is 2.31. The first-order valence-electron chi connectivity index (χ1n) is 11.2. The average molecular weight is 483 g/mol. The van der Waals surface area contributed by atoms with Gasteiger partial charge in [0.1, 0.15) is 5.82 Å². The Labute approximate surface area is 202 Å². The molecule has 7 nitrogen and oxygen atoms in total. The molecule has 182 valence electrons. The minimum Gasteiger partial charge on any atom is -0.603 e. The van der Waals surface area contributed by atoms with E-state index in [9.17, 15) is 13.5 Å².